The third-order valence-corrected chi connectivity index (χ3v) is 7.03. The largest absolute Gasteiger partial charge is 0.308 e. The van der Waals surface area contributed by atoms with Gasteiger partial charge in [-0.15, -0.1) is 0 Å². The second-order valence-corrected chi connectivity index (χ2v) is 9.34. The molecule has 0 aliphatic rings. The van der Waals surface area contributed by atoms with Gasteiger partial charge in [-0.05, 0) is 42.0 Å². The first-order valence-corrected chi connectivity index (χ1v) is 11.2. The van der Waals surface area contributed by atoms with Crippen LogP contribution in [0.15, 0.2) is 76.4 Å². The summed E-state index contributed by atoms with van der Waals surface area (Å²) in [7, 11) is -4.01. The summed E-state index contributed by atoms with van der Waals surface area (Å²) in [6.07, 6.45) is 0. The van der Waals surface area contributed by atoms with Gasteiger partial charge in [0.25, 0.3) is 10.0 Å². The molecule has 5 nitrogen and oxygen atoms in total. The quantitative estimate of drug-likeness (QED) is 0.481. The van der Waals surface area contributed by atoms with Gasteiger partial charge < -0.3 is 0 Å². The molecule has 0 saturated carbocycles. The fraction of sp³-hybridized carbons (Fsp3) is 0.0500. The maximum atomic E-state index is 13.8. The number of halogens is 2. The molecule has 4 aromatic rings. The maximum absolute atomic E-state index is 13.8. The molecule has 29 heavy (non-hydrogen) atoms. The summed E-state index contributed by atoms with van der Waals surface area (Å²) in [5.41, 5.74) is 1.25. The summed E-state index contributed by atoms with van der Waals surface area (Å²) in [5.74, 6) is -0.673. The van der Waals surface area contributed by atoms with Crippen LogP contribution in [0.2, 0.25) is 5.02 Å². The van der Waals surface area contributed by atoms with E-state index in [1.54, 1.807) is 22.8 Å². The number of thiazole rings is 1. The number of nitrogens with zero attached hydrogens (tertiary/aromatic N) is 1. The van der Waals surface area contributed by atoms with Crippen molar-refractivity contribution in [1.29, 1.82) is 0 Å². The third kappa shape index (κ3) is 3.91. The zero-order valence-corrected chi connectivity index (χ0v) is 17.2. The average molecular weight is 449 g/mol. The smallest absolute Gasteiger partial charge is 0.294 e. The molecule has 0 aliphatic heterocycles. The summed E-state index contributed by atoms with van der Waals surface area (Å²) in [5, 5.41) is 0.548. The van der Waals surface area contributed by atoms with Gasteiger partial charge in [-0.3, -0.25) is 14.1 Å². The molecule has 0 radical (unpaired) electrons. The topological polar surface area (TPSA) is 68.2 Å². The highest BCUT2D eigenvalue weighted by Gasteiger charge is 2.18. The highest BCUT2D eigenvalue weighted by Crippen LogP contribution is 2.26. The molecule has 1 heterocycles. The SMILES string of the molecule is O=c1sc2cc(S(=O)(=O)Nc3ccccc3F)ccc2n1Cc1ccccc1Cl. The van der Waals surface area contributed by atoms with Crippen molar-refractivity contribution in [1.82, 2.24) is 4.57 Å². The molecule has 0 aliphatic carbocycles. The number of sulfonamides is 1. The van der Waals surface area contributed by atoms with E-state index in [1.807, 2.05) is 12.1 Å². The fourth-order valence-corrected chi connectivity index (χ4v) is 5.20. The van der Waals surface area contributed by atoms with Gasteiger partial charge in [0.15, 0.2) is 0 Å². The molecule has 9 heteroatoms. The Morgan fingerprint density at radius 3 is 2.52 bits per heavy atom. The van der Waals surface area contributed by atoms with Gasteiger partial charge in [0, 0.05) is 5.02 Å². The van der Waals surface area contributed by atoms with Crippen molar-refractivity contribution < 1.29 is 12.8 Å². The molecule has 0 amide bonds. The number of rotatable bonds is 5. The molecule has 0 fully saturated rings. The number of benzene rings is 3. The number of aromatic nitrogens is 1. The molecule has 0 spiro atoms. The van der Waals surface area contributed by atoms with Crippen LogP contribution < -0.4 is 9.60 Å². The molecule has 0 atom stereocenters. The number of hydrogen-bond donors (Lipinski definition) is 1. The Bertz CT molecular complexity index is 1380. The second kappa shape index (κ2) is 7.62. The summed E-state index contributed by atoms with van der Waals surface area (Å²) >= 11 is 7.13. The summed E-state index contributed by atoms with van der Waals surface area (Å²) in [6, 6.07) is 17.1. The van der Waals surface area contributed by atoms with Crippen molar-refractivity contribution in [2.75, 3.05) is 4.72 Å². The van der Waals surface area contributed by atoms with Crippen LogP contribution in [0.4, 0.5) is 10.1 Å². The average Bonchev–Trinajstić information content (AvgIpc) is 3.00. The zero-order valence-electron chi connectivity index (χ0n) is 14.8. The Morgan fingerprint density at radius 2 is 1.76 bits per heavy atom. The van der Waals surface area contributed by atoms with E-state index in [0.29, 0.717) is 15.2 Å². The number of nitrogens with one attached hydrogen (secondary N) is 1. The van der Waals surface area contributed by atoms with Gasteiger partial charge in [0.1, 0.15) is 5.82 Å². The van der Waals surface area contributed by atoms with E-state index in [0.717, 1.165) is 16.9 Å². The molecule has 1 N–H and O–H groups in total. The highest BCUT2D eigenvalue weighted by atomic mass is 35.5. The van der Waals surface area contributed by atoms with Crippen molar-refractivity contribution in [3.63, 3.8) is 0 Å². The molecule has 0 saturated heterocycles. The zero-order chi connectivity index (χ0) is 20.6. The summed E-state index contributed by atoms with van der Waals surface area (Å²) in [6.45, 7) is 0.276. The van der Waals surface area contributed by atoms with Crippen LogP contribution in [-0.4, -0.2) is 13.0 Å². The lowest BCUT2D eigenvalue weighted by atomic mass is 10.2. The van der Waals surface area contributed by atoms with Crippen LogP contribution in [0.5, 0.6) is 0 Å². The first kappa shape index (κ1) is 19.6. The predicted octanol–water partition coefficient (Wildman–Crippen LogP) is 4.70. The highest BCUT2D eigenvalue weighted by molar-refractivity contribution is 7.92. The van der Waals surface area contributed by atoms with Crippen molar-refractivity contribution in [3.05, 3.63) is 92.8 Å². The van der Waals surface area contributed by atoms with Crippen LogP contribution in [0.1, 0.15) is 5.56 Å². The second-order valence-electron chi connectivity index (χ2n) is 6.26. The molecule has 3 aromatic carbocycles. The molecule has 4 rings (SSSR count). The number of para-hydroxylation sites is 1. The van der Waals surface area contributed by atoms with Gasteiger partial charge in [0.2, 0.25) is 0 Å². The van der Waals surface area contributed by atoms with Crippen LogP contribution >= 0.6 is 22.9 Å². The maximum Gasteiger partial charge on any atom is 0.308 e. The molecule has 0 bridgehead atoms. The Morgan fingerprint density at radius 1 is 1.03 bits per heavy atom. The normalized spacial score (nSPS) is 11.7. The standard InChI is InChI=1S/C20H14ClFN2O3S2/c21-15-6-2-1-5-13(15)12-24-18-10-9-14(11-19(18)28-20(24)25)29(26,27)23-17-8-4-3-7-16(17)22/h1-11,23H,12H2. The van der Waals surface area contributed by atoms with Crippen molar-refractivity contribution in [2.24, 2.45) is 0 Å². The lowest BCUT2D eigenvalue weighted by molar-refractivity contribution is 0.598. The number of fused-ring (bicyclic) bond motifs is 1. The van der Waals surface area contributed by atoms with Crippen LogP contribution in [-0.2, 0) is 16.6 Å². The Labute approximate surface area is 175 Å². The van der Waals surface area contributed by atoms with E-state index < -0.39 is 15.8 Å². The first-order chi connectivity index (χ1) is 13.8. The van der Waals surface area contributed by atoms with Gasteiger partial charge in [-0.1, -0.05) is 53.3 Å². The number of anilines is 1. The lowest BCUT2D eigenvalue weighted by Gasteiger charge is -2.09. The van der Waals surface area contributed by atoms with E-state index in [1.165, 1.54) is 36.4 Å². The summed E-state index contributed by atoms with van der Waals surface area (Å²) < 4.78 is 43.4. The van der Waals surface area contributed by atoms with E-state index in [-0.39, 0.29) is 22.0 Å². The first-order valence-electron chi connectivity index (χ1n) is 8.49. The van der Waals surface area contributed by atoms with Gasteiger partial charge in [-0.25, -0.2) is 12.8 Å². The van der Waals surface area contributed by atoms with Gasteiger partial charge in [-0.2, -0.15) is 0 Å². The minimum atomic E-state index is -4.01. The van der Waals surface area contributed by atoms with E-state index in [2.05, 4.69) is 4.72 Å². The fourth-order valence-electron chi connectivity index (χ4n) is 2.91. The van der Waals surface area contributed by atoms with Crippen molar-refractivity contribution in [3.8, 4) is 0 Å². The van der Waals surface area contributed by atoms with Gasteiger partial charge >= 0.3 is 4.87 Å². The van der Waals surface area contributed by atoms with E-state index in [4.69, 9.17) is 11.6 Å². The monoisotopic (exact) mass is 448 g/mol. The van der Waals surface area contributed by atoms with E-state index >= 15 is 0 Å². The summed E-state index contributed by atoms with van der Waals surface area (Å²) in [4.78, 5) is 12.2. The van der Waals surface area contributed by atoms with Crippen LogP contribution in [0, 0.1) is 5.82 Å². The molecule has 1 aromatic heterocycles. The molecule has 148 valence electrons. The lowest BCUT2D eigenvalue weighted by Crippen LogP contribution is -2.14. The number of hydrogen-bond acceptors (Lipinski definition) is 4. The minimum absolute atomic E-state index is 0.0561. The van der Waals surface area contributed by atoms with Gasteiger partial charge in [0.05, 0.1) is 27.3 Å². The van der Waals surface area contributed by atoms with Crippen molar-refractivity contribution in [2.45, 2.75) is 11.4 Å². The van der Waals surface area contributed by atoms with Crippen molar-refractivity contribution >= 4 is 48.9 Å². The Kier molecular flexibility index (Phi) is 5.16. The third-order valence-electron chi connectivity index (χ3n) is 4.35. The Balaban J connectivity index is 1.71. The Hall–Kier alpha value is -2.68. The minimum Gasteiger partial charge on any atom is -0.294 e. The molecular weight excluding hydrogens is 435 g/mol. The molecule has 0 unspecified atom stereocenters. The predicted molar refractivity (Wildman–Crippen MR) is 114 cm³/mol. The molecular formula is C20H14ClFN2O3S2. The van der Waals surface area contributed by atoms with Crippen LogP contribution in [0.25, 0.3) is 10.2 Å². The van der Waals surface area contributed by atoms with E-state index in [9.17, 15) is 17.6 Å². The van der Waals surface area contributed by atoms with Crippen LogP contribution in [0.3, 0.4) is 0 Å².